The number of benzene rings is 3. The minimum Gasteiger partial charge on any atom is -0.455 e. The molecule has 1 aliphatic heterocycles. The lowest BCUT2D eigenvalue weighted by Crippen LogP contribution is -2.28. The summed E-state index contributed by atoms with van der Waals surface area (Å²) in [6, 6.07) is 27.4. The molecule has 3 aromatic rings. The van der Waals surface area contributed by atoms with Gasteiger partial charge in [0, 0.05) is 0 Å². The third-order valence-electron chi connectivity index (χ3n) is 4.05. The van der Waals surface area contributed by atoms with Crippen molar-refractivity contribution in [2.24, 2.45) is 0 Å². The Bertz CT molecular complexity index is 867. The number of ether oxygens (including phenoxy) is 1. The lowest BCUT2D eigenvalue weighted by Gasteiger charge is -2.26. The summed E-state index contributed by atoms with van der Waals surface area (Å²) >= 11 is 1.64. The summed E-state index contributed by atoms with van der Waals surface area (Å²) in [4.78, 5) is 14.5. The molecular formula is C21H17NO2S. The molecule has 0 aromatic heterocycles. The van der Waals surface area contributed by atoms with Crippen molar-refractivity contribution >= 4 is 23.4 Å². The summed E-state index contributed by atoms with van der Waals surface area (Å²) in [6.45, 7) is 0. The van der Waals surface area contributed by atoms with Gasteiger partial charge in [0.2, 0.25) is 5.91 Å². The van der Waals surface area contributed by atoms with Gasteiger partial charge in [0.1, 0.15) is 11.1 Å². The van der Waals surface area contributed by atoms with E-state index in [1.54, 1.807) is 11.8 Å². The minimum atomic E-state index is -0.0331. The van der Waals surface area contributed by atoms with Gasteiger partial charge in [-0.05, 0) is 29.8 Å². The van der Waals surface area contributed by atoms with E-state index in [0.29, 0.717) is 11.5 Å². The summed E-state index contributed by atoms with van der Waals surface area (Å²) in [5.41, 5.74) is 1.92. The Labute approximate surface area is 151 Å². The molecule has 0 N–H and O–H groups in total. The second-order valence-electron chi connectivity index (χ2n) is 5.72. The van der Waals surface area contributed by atoms with E-state index in [2.05, 4.69) is 12.1 Å². The van der Waals surface area contributed by atoms with Crippen molar-refractivity contribution in [2.75, 3.05) is 10.7 Å². The number of carbonyl (C=O) groups is 1. The molecule has 4 heteroatoms. The molecule has 1 saturated heterocycles. The summed E-state index contributed by atoms with van der Waals surface area (Å²) < 4.78 is 6.05. The molecule has 1 fully saturated rings. The molecule has 0 bridgehead atoms. The molecule has 25 heavy (non-hydrogen) atoms. The zero-order valence-electron chi connectivity index (χ0n) is 13.5. The van der Waals surface area contributed by atoms with Gasteiger partial charge in [-0.1, -0.05) is 60.7 Å². The molecule has 0 aliphatic carbocycles. The van der Waals surface area contributed by atoms with Crippen molar-refractivity contribution in [3.63, 3.8) is 0 Å². The van der Waals surface area contributed by atoms with Gasteiger partial charge >= 0.3 is 0 Å². The molecule has 1 aliphatic rings. The first-order valence-electron chi connectivity index (χ1n) is 8.13. The predicted octanol–water partition coefficient (Wildman–Crippen LogP) is 5.26. The van der Waals surface area contributed by atoms with Gasteiger partial charge < -0.3 is 4.74 Å². The molecule has 0 saturated carbocycles. The second-order valence-corrected chi connectivity index (χ2v) is 6.79. The number of carbonyl (C=O) groups excluding carboxylic acids is 1. The average Bonchev–Trinajstić information content (AvgIpc) is 3.05. The molecule has 3 aromatic carbocycles. The monoisotopic (exact) mass is 347 g/mol. The van der Waals surface area contributed by atoms with Gasteiger partial charge in [-0.2, -0.15) is 0 Å². The number of hydrogen-bond acceptors (Lipinski definition) is 3. The quantitative estimate of drug-likeness (QED) is 0.645. The van der Waals surface area contributed by atoms with Gasteiger partial charge in [0.05, 0.1) is 11.4 Å². The Balaban J connectivity index is 1.72. The maximum atomic E-state index is 12.6. The Morgan fingerprint density at radius 3 is 2.24 bits per heavy atom. The Kier molecular flexibility index (Phi) is 4.44. The van der Waals surface area contributed by atoms with Gasteiger partial charge in [0.25, 0.3) is 0 Å². The zero-order valence-corrected chi connectivity index (χ0v) is 14.4. The summed E-state index contributed by atoms with van der Waals surface area (Å²) in [6.07, 6.45) is 0. The van der Waals surface area contributed by atoms with E-state index < -0.39 is 0 Å². The third-order valence-corrected chi connectivity index (χ3v) is 5.26. The average molecular weight is 347 g/mol. The van der Waals surface area contributed by atoms with Crippen LogP contribution in [0, 0.1) is 0 Å². The van der Waals surface area contributed by atoms with E-state index in [1.165, 1.54) is 0 Å². The molecule has 0 spiro atoms. The maximum Gasteiger partial charge on any atom is 0.238 e. The molecule has 4 rings (SSSR count). The van der Waals surface area contributed by atoms with E-state index in [-0.39, 0.29) is 11.3 Å². The van der Waals surface area contributed by atoms with Crippen molar-refractivity contribution < 1.29 is 9.53 Å². The van der Waals surface area contributed by atoms with Crippen LogP contribution in [0.4, 0.5) is 5.69 Å². The summed E-state index contributed by atoms with van der Waals surface area (Å²) in [7, 11) is 0. The van der Waals surface area contributed by atoms with Crippen LogP contribution in [-0.2, 0) is 4.79 Å². The van der Waals surface area contributed by atoms with Crippen molar-refractivity contribution in [3.05, 3.63) is 90.5 Å². The largest absolute Gasteiger partial charge is 0.455 e. The standard InChI is InChI=1S/C21H17NO2S/c23-20-15-25-21(16-9-3-1-4-10-16)22(20)18-13-7-8-14-19(18)24-17-11-5-2-6-12-17/h1-14,21H,15H2/t21-/m1/s1. The molecule has 0 radical (unpaired) electrons. The van der Waals surface area contributed by atoms with Crippen LogP contribution in [0.1, 0.15) is 10.9 Å². The lowest BCUT2D eigenvalue weighted by atomic mass is 10.2. The smallest absolute Gasteiger partial charge is 0.238 e. The molecule has 124 valence electrons. The van der Waals surface area contributed by atoms with Crippen LogP contribution in [-0.4, -0.2) is 11.7 Å². The Morgan fingerprint density at radius 2 is 1.48 bits per heavy atom. The van der Waals surface area contributed by atoms with Crippen LogP contribution in [0.3, 0.4) is 0 Å². The number of para-hydroxylation sites is 3. The van der Waals surface area contributed by atoms with E-state index in [1.807, 2.05) is 77.7 Å². The highest BCUT2D eigenvalue weighted by molar-refractivity contribution is 8.00. The molecule has 1 amide bonds. The highest BCUT2D eigenvalue weighted by atomic mass is 32.2. The van der Waals surface area contributed by atoms with Crippen LogP contribution in [0.5, 0.6) is 11.5 Å². The van der Waals surface area contributed by atoms with Crippen molar-refractivity contribution in [2.45, 2.75) is 5.37 Å². The maximum absolute atomic E-state index is 12.6. The van der Waals surface area contributed by atoms with Gasteiger partial charge in [0.15, 0.2) is 5.75 Å². The van der Waals surface area contributed by atoms with E-state index in [9.17, 15) is 4.79 Å². The predicted molar refractivity (Wildman–Crippen MR) is 102 cm³/mol. The summed E-state index contributed by atoms with van der Waals surface area (Å²) in [5.74, 6) is 2.01. The zero-order chi connectivity index (χ0) is 17.1. The van der Waals surface area contributed by atoms with Gasteiger partial charge in [-0.25, -0.2) is 0 Å². The first kappa shape index (κ1) is 15.8. The van der Waals surface area contributed by atoms with Crippen LogP contribution < -0.4 is 9.64 Å². The fourth-order valence-electron chi connectivity index (χ4n) is 2.91. The minimum absolute atomic E-state index is 0.0331. The number of thioether (sulfide) groups is 1. The fraction of sp³-hybridized carbons (Fsp3) is 0.0952. The first-order valence-corrected chi connectivity index (χ1v) is 9.18. The highest BCUT2D eigenvalue weighted by Crippen LogP contribution is 2.45. The van der Waals surface area contributed by atoms with Crippen LogP contribution in [0.15, 0.2) is 84.9 Å². The number of hydrogen-bond donors (Lipinski definition) is 0. The lowest BCUT2D eigenvalue weighted by molar-refractivity contribution is -0.115. The number of rotatable bonds is 4. The number of nitrogens with zero attached hydrogens (tertiary/aromatic N) is 1. The van der Waals surface area contributed by atoms with Gasteiger partial charge in [-0.15, -0.1) is 11.8 Å². The molecular weight excluding hydrogens is 330 g/mol. The molecule has 3 nitrogen and oxygen atoms in total. The molecule has 0 unspecified atom stereocenters. The summed E-state index contributed by atoms with van der Waals surface area (Å²) in [5, 5.41) is -0.0331. The van der Waals surface area contributed by atoms with Crippen LogP contribution in [0.25, 0.3) is 0 Å². The fourth-order valence-corrected chi connectivity index (χ4v) is 4.08. The SMILES string of the molecule is O=C1CS[C@H](c2ccccc2)N1c1ccccc1Oc1ccccc1. The van der Waals surface area contributed by atoms with E-state index >= 15 is 0 Å². The third kappa shape index (κ3) is 3.26. The Morgan fingerprint density at radius 1 is 0.840 bits per heavy atom. The van der Waals surface area contributed by atoms with Crippen LogP contribution in [0.2, 0.25) is 0 Å². The molecule has 1 atom stereocenters. The van der Waals surface area contributed by atoms with Crippen LogP contribution >= 0.6 is 11.8 Å². The van der Waals surface area contributed by atoms with Crippen molar-refractivity contribution in [1.29, 1.82) is 0 Å². The number of anilines is 1. The van der Waals surface area contributed by atoms with Crippen molar-refractivity contribution in [1.82, 2.24) is 0 Å². The van der Waals surface area contributed by atoms with Gasteiger partial charge in [-0.3, -0.25) is 9.69 Å². The second kappa shape index (κ2) is 7.03. The first-order chi connectivity index (χ1) is 12.3. The molecule has 1 heterocycles. The Hall–Kier alpha value is -2.72. The van der Waals surface area contributed by atoms with Crippen molar-refractivity contribution in [3.8, 4) is 11.5 Å². The topological polar surface area (TPSA) is 29.5 Å². The highest BCUT2D eigenvalue weighted by Gasteiger charge is 2.35. The van der Waals surface area contributed by atoms with E-state index in [4.69, 9.17) is 4.74 Å². The number of amides is 1. The van der Waals surface area contributed by atoms with E-state index in [0.717, 1.165) is 17.0 Å². The normalized spacial score (nSPS) is 16.9.